The predicted octanol–water partition coefficient (Wildman–Crippen LogP) is 3.23. The molecule has 1 rings (SSSR count). The number of hydrogen-bond acceptors (Lipinski definition) is 2. The van der Waals surface area contributed by atoms with Gasteiger partial charge in [-0.15, -0.1) is 0 Å². The zero-order valence-corrected chi connectivity index (χ0v) is 10.8. The summed E-state index contributed by atoms with van der Waals surface area (Å²) < 4.78 is 0. The van der Waals surface area contributed by atoms with Crippen LogP contribution in [0.4, 0.5) is 0 Å². The van der Waals surface area contributed by atoms with Crippen LogP contribution in [-0.4, -0.2) is 19.3 Å². The van der Waals surface area contributed by atoms with Crippen LogP contribution in [0.15, 0.2) is 29.2 Å². The maximum atomic E-state index is 11.3. The zero-order valence-electron chi connectivity index (χ0n) is 8.07. The molecule has 0 amide bonds. The molecule has 0 spiro atoms. The van der Waals surface area contributed by atoms with E-state index in [1.54, 1.807) is 6.92 Å². The van der Waals surface area contributed by atoms with E-state index in [9.17, 15) is 4.79 Å². The second kappa shape index (κ2) is 4.88. The summed E-state index contributed by atoms with van der Waals surface area (Å²) >= 11 is -0.763. The standard InChI is InChI=1S/C10H13AsOS/c1-8(12)9-6-4-5-7-10(9)13-11(2)3/h4-7H,1-3H3. The molecular formula is C10H13AsOS. The second-order valence-electron chi connectivity index (χ2n) is 2.96. The first-order valence-corrected chi connectivity index (χ1v) is 10.9. The van der Waals surface area contributed by atoms with Crippen LogP contribution in [0, 0.1) is 0 Å². The minimum absolute atomic E-state index is 0.166. The Labute approximate surface area is 87.2 Å². The van der Waals surface area contributed by atoms with Gasteiger partial charge in [0.05, 0.1) is 0 Å². The minimum atomic E-state index is -0.763. The number of carbonyl (C=O) groups is 1. The molecule has 0 aliphatic carbocycles. The number of hydrogen-bond donors (Lipinski definition) is 0. The van der Waals surface area contributed by atoms with E-state index >= 15 is 0 Å². The van der Waals surface area contributed by atoms with Gasteiger partial charge in [0.1, 0.15) is 0 Å². The summed E-state index contributed by atoms with van der Waals surface area (Å²) in [6.07, 6.45) is 0. The first-order valence-electron chi connectivity index (χ1n) is 4.06. The van der Waals surface area contributed by atoms with Gasteiger partial charge in [0.25, 0.3) is 0 Å². The van der Waals surface area contributed by atoms with Crippen molar-refractivity contribution in [2.24, 2.45) is 0 Å². The molecule has 70 valence electrons. The Morgan fingerprint density at radius 3 is 2.46 bits per heavy atom. The molecule has 0 saturated heterocycles. The summed E-state index contributed by atoms with van der Waals surface area (Å²) in [7, 11) is 1.88. The Kier molecular flexibility index (Phi) is 4.08. The first kappa shape index (κ1) is 10.9. The van der Waals surface area contributed by atoms with Crippen molar-refractivity contribution in [2.45, 2.75) is 23.2 Å². The molecule has 0 radical (unpaired) electrons. The van der Waals surface area contributed by atoms with Crippen LogP contribution in [-0.2, 0) is 0 Å². The van der Waals surface area contributed by atoms with Crippen LogP contribution >= 0.6 is 10.0 Å². The SMILES string of the molecule is CC(=O)c1ccccc1S[As](C)C. The molecule has 0 aliphatic rings. The summed E-state index contributed by atoms with van der Waals surface area (Å²) in [5.74, 6) is 0.166. The van der Waals surface area contributed by atoms with Gasteiger partial charge in [0, 0.05) is 0 Å². The van der Waals surface area contributed by atoms with Gasteiger partial charge in [0.15, 0.2) is 0 Å². The molecule has 0 saturated carbocycles. The van der Waals surface area contributed by atoms with E-state index in [1.807, 2.05) is 34.3 Å². The van der Waals surface area contributed by atoms with Gasteiger partial charge >= 0.3 is 87.2 Å². The number of Topliss-reactive ketones (excluding diaryl/α,β-unsaturated/α-hetero) is 1. The molecular weight excluding hydrogens is 243 g/mol. The topological polar surface area (TPSA) is 17.1 Å². The van der Waals surface area contributed by atoms with E-state index in [1.165, 1.54) is 0 Å². The molecule has 0 N–H and O–H groups in total. The third-order valence-electron chi connectivity index (χ3n) is 1.55. The van der Waals surface area contributed by atoms with Gasteiger partial charge in [0.2, 0.25) is 0 Å². The molecule has 1 aromatic rings. The summed E-state index contributed by atoms with van der Waals surface area (Å²) in [6.45, 7) is 1.63. The van der Waals surface area contributed by atoms with Crippen molar-refractivity contribution in [3.05, 3.63) is 29.8 Å². The van der Waals surface area contributed by atoms with Crippen molar-refractivity contribution in [1.82, 2.24) is 0 Å². The predicted molar refractivity (Wildman–Crippen MR) is 59.8 cm³/mol. The first-order chi connectivity index (χ1) is 6.11. The van der Waals surface area contributed by atoms with Gasteiger partial charge in [-0.25, -0.2) is 0 Å². The second-order valence-corrected chi connectivity index (χ2v) is 11.9. The fourth-order valence-electron chi connectivity index (χ4n) is 1.03. The molecule has 0 atom stereocenters. The van der Waals surface area contributed by atoms with Crippen molar-refractivity contribution in [2.75, 3.05) is 0 Å². The maximum absolute atomic E-state index is 11.3. The van der Waals surface area contributed by atoms with E-state index in [4.69, 9.17) is 0 Å². The van der Waals surface area contributed by atoms with E-state index in [0.29, 0.717) is 0 Å². The molecule has 0 bridgehead atoms. The normalized spacial score (nSPS) is 10.5. The van der Waals surface area contributed by atoms with E-state index < -0.39 is 13.5 Å². The van der Waals surface area contributed by atoms with Gasteiger partial charge < -0.3 is 0 Å². The Bertz CT molecular complexity index is 310. The van der Waals surface area contributed by atoms with Gasteiger partial charge in [-0.05, 0) is 0 Å². The van der Waals surface area contributed by atoms with Gasteiger partial charge in [-0.3, -0.25) is 0 Å². The van der Waals surface area contributed by atoms with E-state index in [-0.39, 0.29) is 5.78 Å². The summed E-state index contributed by atoms with van der Waals surface area (Å²) in [4.78, 5) is 12.4. The Morgan fingerprint density at radius 1 is 1.31 bits per heavy atom. The fraction of sp³-hybridized carbons (Fsp3) is 0.300. The van der Waals surface area contributed by atoms with Crippen molar-refractivity contribution >= 4 is 29.3 Å². The molecule has 0 fully saturated rings. The van der Waals surface area contributed by atoms with Crippen LogP contribution in [0.2, 0.25) is 11.4 Å². The number of rotatable bonds is 3. The quantitative estimate of drug-likeness (QED) is 0.610. The van der Waals surface area contributed by atoms with Crippen LogP contribution in [0.3, 0.4) is 0 Å². The summed E-state index contributed by atoms with van der Waals surface area (Å²) in [6, 6.07) is 7.86. The molecule has 3 heteroatoms. The average Bonchev–Trinajstić information content (AvgIpc) is 2.03. The Hall–Kier alpha value is -0.202. The fourth-order valence-corrected chi connectivity index (χ4v) is 5.35. The van der Waals surface area contributed by atoms with E-state index in [2.05, 4.69) is 11.4 Å². The monoisotopic (exact) mass is 256 g/mol. The zero-order chi connectivity index (χ0) is 9.84. The van der Waals surface area contributed by atoms with Crippen molar-refractivity contribution < 1.29 is 4.79 Å². The van der Waals surface area contributed by atoms with Crippen molar-refractivity contribution in [1.29, 1.82) is 0 Å². The molecule has 1 nitrogen and oxygen atoms in total. The molecule has 0 aliphatic heterocycles. The molecule has 0 aromatic heterocycles. The molecule has 0 unspecified atom stereocenters. The molecule has 0 heterocycles. The Morgan fingerprint density at radius 2 is 1.92 bits per heavy atom. The summed E-state index contributed by atoms with van der Waals surface area (Å²) in [5.41, 5.74) is 5.42. The van der Waals surface area contributed by atoms with Crippen molar-refractivity contribution in [3.63, 3.8) is 0 Å². The number of carbonyl (C=O) groups excluding carboxylic acids is 1. The third kappa shape index (κ3) is 3.21. The Balaban J connectivity index is 2.98. The van der Waals surface area contributed by atoms with Gasteiger partial charge in [-0.1, -0.05) is 0 Å². The number of benzene rings is 1. The number of ketones is 1. The van der Waals surface area contributed by atoms with Crippen LogP contribution in [0.25, 0.3) is 0 Å². The third-order valence-corrected chi connectivity index (χ3v) is 6.00. The summed E-state index contributed by atoms with van der Waals surface area (Å²) in [5, 5.41) is 0. The van der Waals surface area contributed by atoms with E-state index in [0.717, 1.165) is 10.5 Å². The van der Waals surface area contributed by atoms with Crippen molar-refractivity contribution in [3.8, 4) is 0 Å². The molecule has 1 aromatic carbocycles. The van der Waals surface area contributed by atoms with Crippen LogP contribution in [0.1, 0.15) is 17.3 Å². The average molecular weight is 256 g/mol. The molecule has 13 heavy (non-hydrogen) atoms. The van der Waals surface area contributed by atoms with Gasteiger partial charge in [-0.2, -0.15) is 0 Å². The van der Waals surface area contributed by atoms with Crippen LogP contribution < -0.4 is 0 Å². The van der Waals surface area contributed by atoms with Crippen LogP contribution in [0.5, 0.6) is 0 Å².